The van der Waals surface area contributed by atoms with Crippen LogP contribution in [-0.2, 0) is 9.53 Å². The number of carbonyl (C=O) groups excluding carboxylic acids is 2. The average molecular weight is 476 g/mol. The van der Waals surface area contributed by atoms with Crippen LogP contribution < -0.4 is 20.5 Å². The minimum atomic E-state index is -0.294. The van der Waals surface area contributed by atoms with Crippen LogP contribution in [0.5, 0.6) is 11.5 Å². The Balaban J connectivity index is 1.49. The molecule has 0 bridgehead atoms. The van der Waals surface area contributed by atoms with Gasteiger partial charge in [0.15, 0.2) is 0 Å². The quantitative estimate of drug-likeness (QED) is 0.326. The number of likely N-dealkylation sites (tertiary alicyclic amines) is 1. The maximum atomic E-state index is 12.9. The molecular formula is C24H30ClN3O5. The van der Waals surface area contributed by atoms with E-state index in [1.54, 1.807) is 19.2 Å². The number of benzene rings is 2. The molecule has 0 radical (unpaired) electrons. The number of nitrogens with two attached hydrogens (primary N) is 1. The molecule has 2 atom stereocenters. The standard InChI is InChI=1S/C24H30ClN3O5/c1-31-21-14-19(26)18(25)13-17(21)24(30)27-20-10-12-28(15-22(20)32-2)11-6-9-23(29)33-16-7-4-3-5-8-16/h3-5,7-8,13-14,20,22H,6,9-12,15,26H2,1-2H3,(H,27,30). The van der Waals surface area contributed by atoms with E-state index in [2.05, 4.69) is 10.2 Å². The molecule has 178 valence electrons. The highest BCUT2D eigenvalue weighted by molar-refractivity contribution is 6.33. The highest BCUT2D eigenvalue weighted by atomic mass is 35.5. The Morgan fingerprint density at radius 2 is 1.97 bits per heavy atom. The lowest BCUT2D eigenvalue weighted by Gasteiger charge is -2.38. The van der Waals surface area contributed by atoms with Gasteiger partial charge in [0.05, 0.1) is 35.5 Å². The lowest BCUT2D eigenvalue weighted by molar-refractivity contribution is -0.134. The second-order valence-electron chi connectivity index (χ2n) is 7.91. The Labute approximate surface area is 198 Å². The monoisotopic (exact) mass is 475 g/mol. The third kappa shape index (κ3) is 6.83. The average Bonchev–Trinajstić information content (AvgIpc) is 2.81. The van der Waals surface area contributed by atoms with Crippen molar-refractivity contribution in [2.45, 2.75) is 31.4 Å². The van der Waals surface area contributed by atoms with Gasteiger partial charge in [0.1, 0.15) is 11.5 Å². The van der Waals surface area contributed by atoms with Crippen LogP contribution in [0, 0.1) is 0 Å². The number of hydrogen-bond acceptors (Lipinski definition) is 7. The highest BCUT2D eigenvalue weighted by Gasteiger charge is 2.31. The largest absolute Gasteiger partial charge is 0.496 e. The van der Waals surface area contributed by atoms with Crippen LogP contribution in [0.3, 0.4) is 0 Å². The molecule has 3 rings (SSSR count). The number of halogens is 1. The molecule has 0 spiro atoms. The second kappa shape index (κ2) is 11.9. The first kappa shape index (κ1) is 24.8. The number of carbonyl (C=O) groups is 2. The summed E-state index contributed by atoms with van der Waals surface area (Å²) in [7, 11) is 3.11. The lowest BCUT2D eigenvalue weighted by atomic mass is 10.0. The first-order chi connectivity index (χ1) is 15.9. The van der Waals surface area contributed by atoms with Crippen molar-refractivity contribution < 1.29 is 23.8 Å². The van der Waals surface area contributed by atoms with Gasteiger partial charge in [-0.2, -0.15) is 0 Å². The van der Waals surface area contributed by atoms with Gasteiger partial charge in [-0.15, -0.1) is 0 Å². The Bertz CT molecular complexity index is 957. The zero-order valence-electron chi connectivity index (χ0n) is 18.9. The SMILES string of the molecule is COc1cc(N)c(Cl)cc1C(=O)NC1CCN(CCCC(=O)Oc2ccccc2)CC1OC. The summed E-state index contributed by atoms with van der Waals surface area (Å²) in [6, 6.07) is 11.9. The first-order valence-electron chi connectivity index (χ1n) is 10.9. The van der Waals surface area contributed by atoms with Gasteiger partial charge in [-0.25, -0.2) is 0 Å². The summed E-state index contributed by atoms with van der Waals surface area (Å²) in [5.74, 6) is 0.376. The molecule has 1 saturated heterocycles. The summed E-state index contributed by atoms with van der Waals surface area (Å²) in [5.41, 5.74) is 6.48. The third-order valence-corrected chi connectivity index (χ3v) is 5.98. The first-order valence-corrected chi connectivity index (χ1v) is 11.2. The molecule has 1 aliphatic heterocycles. The molecule has 1 aliphatic rings. The zero-order valence-corrected chi connectivity index (χ0v) is 19.6. The molecule has 3 N–H and O–H groups in total. The van der Waals surface area contributed by atoms with Crippen LogP contribution in [0.4, 0.5) is 5.69 Å². The van der Waals surface area contributed by atoms with Gasteiger partial charge in [-0.3, -0.25) is 9.59 Å². The van der Waals surface area contributed by atoms with Gasteiger partial charge < -0.3 is 30.2 Å². The molecule has 33 heavy (non-hydrogen) atoms. The molecule has 1 fully saturated rings. The minimum absolute atomic E-state index is 0.164. The van der Waals surface area contributed by atoms with E-state index < -0.39 is 0 Å². The molecule has 0 saturated carbocycles. The molecule has 2 aromatic rings. The summed E-state index contributed by atoms with van der Waals surface area (Å²) < 4.78 is 16.3. The van der Waals surface area contributed by atoms with E-state index in [0.29, 0.717) is 53.6 Å². The van der Waals surface area contributed by atoms with E-state index in [0.717, 1.165) is 13.1 Å². The molecule has 9 heteroatoms. The normalized spacial score (nSPS) is 18.5. The van der Waals surface area contributed by atoms with Crippen LogP contribution in [-0.4, -0.2) is 62.8 Å². The number of rotatable bonds is 9. The highest BCUT2D eigenvalue weighted by Crippen LogP contribution is 2.29. The van der Waals surface area contributed by atoms with Crippen molar-refractivity contribution in [2.24, 2.45) is 0 Å². The number of anilines is 1. The second-order valence-corrected chi connectivity index (χ2v) is 8.32. The van der Waals surface area contributed by atoms with Crippen molar-refractivity contribution in [3.05, 3.63) is 53.1 Å². The van der Waals surface area contributed by atoms with Gasteiger partial charge in [-0.1, -0.05) is 29.8 Å². The Hall–Kier alpha value is -2.81. The van der Waals surface area contributed by atoms with Gasteiger partial charge in [0.2, 0.25) is 0 Å². The van der Waals surface area contributed by atoms with Crippen LogP contribution in [0.2, 0.25) is 5.02 Å². The maximum absolute atomic E-state index is 12.9. The number of piperidine rings is 1. The number of nitrogen functional groups attached to an aromatic ring is 1. The minimum Gasteiger partial charge on any atom is -0.496 e. The molecule has 0 aromatic heterocycles. The van der Waals surface area contributed by atoms with Gasteiger partial charge >= 0.3 is 5.97 Å². The third-order valence-electron chi connectivity index (χ3n) is 5.66. The fourth-order valence-corrected chi connectivity index (χ4v) is 4.03. The molecule has 0 aliphatic carbocycles. The Morgan fingerprint density at radius 1 is 1.21 bits per heavy atom. The number of nitrogens with zero attached hydrogens (tertiary/aromatic N) is 1. The summed E-state index contributed by atoms with van der Waals surface area (Å²) in [4.78, 5) is 27.2. The van der Waals surface area contributed by atoms with Gasteiger partial charge in [0.25, 0.3) is 5.91 Å². The van der Waals surface area contributed by atoms with Crippen molar-refractivity contribution >= 4 is 29.2 Å². The van der Waals surface area contributed by atoms with E-state index in [1.165, 1.54) is 19.2 Å². The molecule has 1 heterocycles. The van der Waals surface area contributed by atoms with E-state index in [1.807, 2.05) is 18.2 Å². The summed E-state index contributed by atoms with van der Waals surface area (Å²) >= 11 is 6.10. The Morgan fingerprint density at radius 3 is 2.67 bits per heavy atom. The molecule has 2 unspecified atom stereocenters. The van der Waals surface area contributed by atoms with Crippen LogP contribution >= 0.6 is 11.6 Å². The fourth-order valence-electron chi connectivity index (χ4n) is 3.87. The summed E-state index contributed by atoms with van der Waals surface area (Å²) in [6.07, 6.45) is 1.54. The van der Waals surface area contributed by atoms with Crippen molar-refractivity contribution in [3.8, 4) is 11.5 Å². The predicted octanol–water partition coefficient (Wildman–Crippen LogP) is 3.14. The lowest BCUT2D eigenvalue weighted by Crippen LogP contribution is -2.55. The Kier molecular flexibility index (Phi) is 8.94. The van der Waals surface area contributed by atoms with Gasteiger partial charge in [-0.05, 0) is 37.6 Å². The zero-order chi connectivity index (χ0) is 23.8. The molecule has 2 aromatic carbocycles. The van der Waals surface area contributed by atoms with E-state index >= 15 is 0 Å². The molecular weight excluding hydrogens is 446 g/mol. The van der Waals surface area contributed by atoms with Gasteiger partial charge in [0, 0.05) is 32.7 Å². The molecule has 8 nitrogen and oxygen atoms in total. The number of ether oxygens (including phenoxy) is 3. The topological polar surface area (TPSA) is 103 Å². The number of amides is 1. The number of hydrogen-bond donors (Lipinski definition) is 2. The van der Waals surface area contributed by atoms with Crippen molar-refractivity contribution in [2.75, 3.05) is 39.6 Å². The van der Waals surface area contributed by atoms with E-state index in [9.17, 15) is 9.59 Å². The summed E-state index contributed by atoms with van der Waals surface area (Å²) in [6.45, 7) is 2.17. The van der Waals surface area contributed by atoms with E-state index in [4.69, 9.17) is 31.5 Å². The maximum Gasteiger partial charge on any atom is 0.311 e. The van der Waals surface area contributed by atoms with Crippen molar-refractivity contribution in [1.29, 1.82) is 0 Å². The van der Waals surface area contributed by atoms with Crippen LogP contribution in [0.1, 0.15) is 29.6 Å². The summed E-state index contributed by atoms with van der Waals surface area (Å²) in [5, 5.41) is 3.33. The number of esters is 1. The van der Waals surface area contributed by atoms with Crippen LogP contribution in [0.15, 0.2) is 42.5 Å². The van der Waals surface area contributed by atoms with Crippen molar-refractivity contribution in [1.82, 2.24) is 10.2 Å². The predicted molar refractivity (Wildman–Crippen MR) is 127 cm³/mol. The number of nitrogens with one attached hydrogen (secondary N) is 1. The number of methoxy groups -OCH3 is 2. The number of para-hydroxylation sites is 1. The van der Waals surface area contributed by atoms with Crippen molar-refractivity contribution in [3.63, 3.8) is 0 Å². The smallest absolute Gasteiger partial charge is 0.311 e. The molecule has 1 amide bonds. The van der Waals surface area contributed by atoms with Crippen LogP contribution in [0.25, 0.3) is 0 Å². The van der Waals surface area contributed by atoms with E-state index in [-0.39, 0.29) is 24.0 Å². The fraction of sp³-hybridized carbons (Fsp3) is 0.417.